The number of rotatable bonds is 0. The molecule has 0 amide bonds. The maximum atomic E-state index is 4.16. The second-order valence-electron chi connectivity index (χ2n) is 0.961. The molecule has 6 heavy (non-hydrogen) atoms. The molecule has 0 unspecified atom stereocenters. The van der Waals surface area contributed by atoms with Gasteiger partial charge in [0, 0.05) is 0 Å². The molecule has 0 aliphatic rings. The van der Waals surface area contributed by atoms with Crippen LogP contribution in [0.15, 0.2) is 4.63 Å². The van der Waals surface area contributed by atoms with Crippen LogP contribution in [0.4, 0.5) is 0 Å². The predicted octanol–water partition coefficient (Wildman–Crippen LogP) is 0.178. The molecule has 0 atom stereocenters. The minimum atomic E-state index is 0.690. The van der Waals surface area contributed by atoms with E-state index < -0.39 is 0 Å². The molecule has 1 aromatic heterocycles. The Morgan fingerprint density at radius 3 is 2.83 bits per heavy atom. The lowest BCUT2D eigenvalue weighted by molar-refractivity contribution is 0.304. The normalized spacial score (nSPS) is 8.83. The van der Waals surface area contributed by atoms with E-state index in [9.17, 15) is 0 Å². The van der Waals surface area contributed by atoms with Crippen molar-refractivity contribution in [3.8, 4) is 0 Å². The van der Waals surface area contributed by atoms with Gasteiger partial charge in [-0.15, -0.1) is 0 Å². The molecule has 0 saturated carbocycles. The molecule has 0 spiro atoms. The van der Waals surface area contributed by atoms with E-state index in [4.69, 9.17) is 0 Å². The summed E-state index contributed by atoms with van der Waals surface area (Å²) < 4.78 is 4.16. The van der Waals surface area contributed by atoms with Gasteiger partial charge >= 0.3 is 0 Å². The van der Waals surface area contributed by atoms with Crippen LogP contribution in [-0.2, 0) is 0 Å². The van der Waals surface area contributed by atoms with Gasteiger partial charge in [0.1, 0.15) is 5.69 Å². The molecular formula is C3H3N2O. The van der Waals surface area contributed by atoms with E-state index in [-0.39, 0.29) is 0 Å². The summed E-state index contributed by atoms with van der Waals surface area (Å²) in [6, 6.07) is 0. The molecule has 1 aromatic rings. The average molecular weight is 83.1 g/mol. The molecule has 0 fully saturated rings. The Kier molecular flexibility index (Phi) is 0.602. The fourth-order valence-corrected chi connectivity index (χ4v) is 0.189. The number of nitrogens with zero attached hydrogens (tertiary/aromatic N) is 2. The van der Waals surface area contributed by atoms with Crippen molar-refractivity contribution in [2.45, 2.75) is 6.92 Å². The van der Waals surface area contributed by atoms with Crippen molar-refractivity contribution in [2.75, 3.05) is 0 Å². The fraction of sp³-hybridized carbons (Fsp3) is 0.333. The lowest BCUT2D eigenvalue weighted by atomic mass is 10.6. The third-order valence-corrected chi connectivity index (χ3v) is 0.426. The van der Waals surface area contributed by atoms with Crippen LogP contribution in [0.5, 0.6) is 0 Å². The van der Waals surface area contributed by atoms with Gasteiger partial charge in [0.15, 0.2) is 6.20 Å². The van der Waals surface area contributed by atoms with Crippen LogP contribution in [0.25, 0.3) is 0 Å². The molecule has 0 aromatic carbocycles. The minimum Gasteiger partial charge on any atom is -0.244 e. The Hall–Kier alpha value is -0.860. The highest BCUT2D eigenvalue weighted by Gasteiger charge is 1.81. The highest BCUT2D eigenvalue weighted by molar-refractivity contribution is 4.78. The van der Waals surface area contributed by atoms with Gasteiger partial charge < -0.3 is 0 Å². The van der Waals surface area contributed by atoms with Gasteiger partial charge in [-0.2, -0.15) is 0 Å². The van der Waals surface area contributed by atoms with Gasteiger partial charge in [-0.3, -0.25) is 0 Å². The van der Waals surface area contributed by atoms with Crippen molar-refractivity contribution in [1.29, 1.82) is 0 Å². The summed E-state index contributed by atoms with van der Waals surface area (Å²) in [7, 11) is 0. The minimum absolute atomic E-state index is 0.690. The molecule has 31 valence electrons. The van der Waals surface area contributed by atoms with Gasteiger partial charge in [-0.05, 0) is 12.1 Å². The number of hydrogen-bond donors (Lipinski definition) is 0. The summed E-state index contributed by atoms with van der Waals surface area (Å²) in [5.74, 6) is 0. The molecule has 0 N–H and O–H groups in total. The van der Waals surface area contributed by atoms with E-state index in [1.54, 1.807) is 6.92 Å². The molecule has 0 bridgehead atoms. The van der Waals surface area contributed by atoms with Crippen molar-refractivity contribution in [3.63, 3.8) is 0 Å². The van der Waals surface area contributed by atoms with Crippen LogP contribution in [0.3, 0.4) is 0 Å². The van der Waals surface area contributed by atoms with Crippen LogP contribution in [0.2, 0.25) is 0 Å². The first-order valence-electron chi connectivity index (χ1n) is 1.56. The fourth-order valence-electron chi connectivity index (χ4n) is 0.189. The van der Waals surface area contributed by atoms with E-state index in [0.717, 1.165) is 0 Å². The number of hydrogen-bond acceptors (Lipinski definition) is 3. The van der Waals surface area contributed by atoms with Crippen molar-refractivity contribution in [2.24, 2.45) is 0 Å². The van der Waals surface area contributed by atoms with E-state index in [1.165, 1.54) is 0 Å². The first-order valence-corrected chi connectivity index (χ1v) is 1.56. The smallest absolute Gasteiger partial charge is 0.161 e. The molecule has 1 rings (SSSR count). The summed E-state index contributed by atoms with van der Waals surface area (Å²) in [6.45, 7) is 1.76. The summed E-state index contributed by atoms with van der Waals surface area (Å²) in [5.41, 5.74) is 0.690. The summed E-state index contributed by atoms with van der Waals surface area (Å²) in [5, 5.41) is 6.59. The molecule has 0 saturated heterocycles. The zero-order valence-electron chi connectivity index (χ0n) is 3.30. The number of aryl methyl sites for hydroxylation is 1. The van der Waals surface area contributed by atoms with E-state index in [1.807, 2.05) is 0 Å². The Morgan fingerprint density at radius 2 is 2.67 bits per heavy atom. The Balaban J connectivity index is 3.05. The molecule has 1 heterocycles. The Morgan fingerprint density at radius 1 is 1.83 bits per heavy atom. The van der Waals surface area contributed by atoms with Crippen LogP contribution >= 0.6 is 0 Å². The second-order valence-corrected chi connectivity index (χ2v) is 0.961. The first kappa shape index (κ1) is 3.33. The monoisotopic (exact) mass is 83.0 g/mol. The zero-order valence-corrected chi connectivity index (χ0v) is 3.30. The van der Waals surface area contributed by atoms with E-state index in [0.29, 0.717) is 5.69 Å². The summed E-state index contributed by atoms with van der Waals surface area (Å²) in [4.78, 5) is 0. The van der Waals surface area contributed by atoms with Crippen molar-refractivity contribution >= 4 is 0 Å². The van der Waals surface area contributed by atoms with E-state index in [2.05, 4.69) is 21.1 Å². The molecule has 3 nitrogen and oxygen atoms in total. The molecule has 1 radical (unpaired) electrons. The van der Waals surface area contributed by atoms with Gasteiger partial charge in [0.2, 0.25) is 0 Å². The van der Waals surface area contributed by atoms with Crippen LogP contribution in [0, 0.1) is 13.1 Å². The van der Waals surface area contributed by atoms with Crippen LogP contribution in [-0.4, -0.2) is 10.3 Å². The highest BCUT2D eigenvalue weighted by atomic mass is 16.6. The topological polar surface area (TPSA) is 38.9 Å². The zero-order chi connectivity index (χ0) is 4.41. The van der Waals surface area contributed by atoms with Crippen LogP contribution < -0.4 is 0 Å². The second kappa shape index (κ2) is 1.08. The lowest BCUT2D eigenvalue weighted by Gasteiger charge is -1.57. The SMILES string of the molecule is Cc1[c]non1. The predicted molar refractivity (Wildman–Crippen MR) is 17.9 cm³/mol. The molecule has 0 aliphatic carbocycles. The quantitative estimate of drug-likeness (QED) is 0.449. The summed E-state index contributed by atoms with van der Waals surface area (Å²) >= 11 is 0. The van der Waals surface area contributed by atoms with Gasteiger partial charge in [-0.25, -0.2) is 4.63 Å². The lowest BCUT2D eigenvalue weighted by Crippen LogP contribution is -1.60. The van der Waals surface area contributed by atoms with Crippen molar-refractivity contribution in [1.82, 2.24) is 10.3 Å². The third-order valence-electron chi connectivity index (χ3n) is 0.426. The molecular weight excluding hydrogens is 80.0 g/mol. The maximum absolute atomic E-state index is 4.16. The highest BCUT2D eigenvalue weighted by Crippen LogP contribution is 1.79. The van der Waals surface area contributed by atoms with Crippen molar-refractivity contribution in [3.05, 3.63) is 11.9 Å². The van der Waals surface area contributed by atoms with Gasteiger partial charge in [-0.1, -0.05) is 5.16 Å². The number of aromatic nitrogens is 2. The Bertz CT molecular complexity index is 112. The molecule has 0 aliphatic heterocycles. The average Bonchev–Trinajstić information content (AvgIpc) is 1.86. The Labute approximate surface area is 34.9 Å². The van der Waals surface area contributed by atoms with Crippen LogP contribution in [0.1, 0.15) is 5.69 Å². The first-order chi connectivity index (χ1) is 2.89. The standard InChI is InChI=1S/C3H3N2O/c1-3-2-4-6-5-3/h1H3. The van der Waals surface area contributed by atoms with Gasteiger partial charge in [0.05, 0.1) is 0 Å². The van der Waals surface area contributed by atoms with Crippen molar-refractivity contribution < 1.29 is 4.63 Å². The molecule has 3 heteroatoms. The summed E-state index contributed by atoms with van der Waals surface area (Å²) in [6.07, 6.45) is 2.47. The maximum Gasteiger partial charge on any atom is 0.161 e. The largest absolute Gasteiger partial charge is 0.244 e. The van der Waals surface area contributed by atoms with Gasteiger partial charge in [0.25, 0.3) is 0 Å². The third kappa shape index (κ3) is 0.381. The van der Waals surface area contributed by atoms with E-state index >= 15 is 0 Å².